The highest BCUT2D eigenvalue weighted by molar-refractivity contribution is 14.0. The summed E-state index contributed by atoms with van der Waals surface area (Å²) >= 11 is 6.08. The molecule has 0 spiro atoms. The number of nitrogens with one attached hydrogen (secondary N) is 2. The van der Waals surface area contributed by atoms with Gasteiger partial charge in [0.1, 0.15) is 0 Å². The fourth-order valence-electron chi connectivity index (χ4n) is 3.12. The van der Waals surface area contributed by atoms with Crippen molar-refractivity contribution in [2.75, 3.05) is 33.3 Å². The number of benzene rings is 1. The highest BCUT2D eigenvalue weighted by atomic mass is 127. The number of hydrogen-bond acceptors (Lipinski definition) is 3. The van der Waals surface area contributed by atoms with E-state index < -0.39 is 0 Å². The summed E-state index contributed by atoms with van der Waals surface area (Å²) in [6.07, 6.45) is 0. The summed E-state index contributed by atoms with van der Waals surface area (Å²) < 4.78 is 5.88. The maximum absolute atomic E-state index is 6.08. The van der Waals surface area contributed by atoms with E-state index in [4.69, 9.17) is 16.3 Å². The molecule has 5 nitrogen and oxygen atoms in total. The standard InChI is InChI=1S/C19H31ClN4O.HI/c1-14(2)23-18(21-5)22-12-17(15-6-8-16(20)9-7-15)24-10-11-25-19(3,4)13-24;/h6-9,14,17H,10-13H2,1-5H3,(H2,21,22,23);1H. The molecular formula is C19H32ClIN4O. The first-order valence-corrected chi connectivity index (χ1v) is 9.29. The Balaban J connectivity index is 0.00000338. The van der Waals surface area contributed by atoms with E-state index >= 15 is 0 Å². The van der Waals surface area contributed by atoms with Crippen LogP contribution in [0.3, 0.4) is 0 Å². The lowest BCUT2D eigenvalue weighted by Gasteiger charge is -2.42. The van der Waals surface area contributed by atoms with Gasteiger partial charge in [-0.3, -0.25) is 9.89 Å². The molecule has 0 amide bonds. The summed E-state index contributed by atoms with van der Waals surface area (Å²) in [5, 5.41) is 7.56. The summed E-state index contributed by atoms with van der Waals surface area (Å²) in [7, 11) is 1.80. The van der Waals surface area contributed by atoms with Gasteiger partial charge in [0, 0.05) is 37.7 Å². The third kappa shape index (κ3) is 7.21. The van der Waals surface area contributed by atoms with Gasteiger partial charge in [0.2, 0.25) is 0 Å². The quantitative estimate of drug-likeness (QED) is 0.372. The van der Waals surface area contributed by atoms with Gasteiger partial charge in [0.25, 0.3) is 0 Å². The average molecular weight is 495 g/mol. The largest absolute Gasteiger partial charge is 0.373 e. The number of nitrogens with zero attached hydrogens (tertiary/aromatic N) is 2. The third-order valence-corrected chi connectivity index (χ3v) is 4.51. The molecule has 0 aliphatic carbocycles. The summed E-state index contributed by atoms with van der Waals surface area (Å²) in [5.41, 5.74) is 1.11. The monoisotopic (exact) mass is 494 g/mol. The second-order valence-electron chi connectivity index (χ2n) is 7.40. The highest BCUT2D eigenvalue weighted by Gasteiger charge is 2.32. The molecule has 2 N–H and O–H groups in total. The van der Waals surface area contributed by atoms with Crippen molar-refractivity contribution in [3.05, 3.63) is 34.9 Å². The zero-order valence-corrected chi connectivity index (χ0v) is 19.5. The van der Waals surface area contributed by atoms with Crippen LogP contribution in [-0.2, 0) is 4.74 Å². The van der Waals surface area contributed by atoms with E-state index in [0.717, 1.165) is 37.2 Å². The highest BCUT2D eigenvalue weighted by Crippen LogP contribution is 2.27. The summed E-state index contributed by atoms with van der Waals surface area (Å²) in [4.78, 5) is 6.79. The molecule has 1 saturated heterocycles. The molecule has 1 aromatic rings. The Bertz CT molecular complexity index is 577. The van der Waals surface area contributed by atoms with Crippen LogP contribution in [0.25, 0.3) is 0 Å². The average Bonchev–Trinajstić information content (AvgIpc) is 2.54. The minimum absolute atomic E-state index is 0. The molecule has 1 fully saturated rings. The number of halogens is 2. The second kappa shape index (κ2) is 10.7. The van der Waals surface area contributed by atoms with E-state index in [1.165, 1.54) is 5.56 Å². The van der Waals surface area contributed by atoms with Crippen LogP contribution in [0.1, 0.15) is 39.3 Å². The van der Waals surface area contributed by atoms with Crippen molar-refractivity contribution in [3.8, 4) is 0 Å². The molecule has 1 heterocycles. The maximum Gasteiger partial charge on any atom is 0.191 e. The van der Waals surface area contributed by atoms with Gasteiger partial charge in [-0.1, -0.05) is 23.7 Å². The second-order valence-corrected chi connectivity index (χ2v) is 7.83. The predicted molar refractivity (Wildman–Crippen MR) is 121 cm³/mol. The predicted octanol–water partition coefficient (Wildman–Crippen LogP) is 3.68. The van der Waals surface area contributed by atoms with Gasteiger partial charge in [-0.2, -0.15) is 0 Å². The molecule has 1 aliphatic rings. The lowest BCUT2D eigenvalue weighted by Crippen LogP contribution is -2.52. The third-order valence-electron chi connectivity index (χ3n) is 4.26. The minimum atomic E-state index is -0.138. The van der Waals surface area contributed by atoms with Crippen LogP contribution in [0.15, 0.2) is 29.3 Å². The van der Waals surface area contributed by atoms with Gasteiger partial charge in [-0.05, 0) is 45.4 Å². The number of hydrogen-bond donors (Lipinski definition) is 2. The van der Waals surface area contributed by atoms with Gasteiger partial charge < -0.3 is 15.4 Å². The SMILES string of the molecule is CN=C(NCC(c1ccc(Cl)cc1)N1CCOC(C)(C)C1)NC(C)C.I. The fourth-order valence-corrected chi connectivity index (χ4v) is 3.25. The molecule has 0 bridgehead atoms. The Kier molecular flexibility index (Phi) is 9.64. The van der Waals surface area contributed by atoms with Gasteiger partial charge in [0.15, 0.2) is 5.96 Å². The Morgan fingerprint density at radius 3 is 2.50 bits per heavy atom. The molecule has 0 saturated carbocycles. The summed E-state index contributed by atoms with van der Waals surface area (Å²) in [5.74, 6) is 0.821. The van der Waals surface area contributed by atoms with E-state index in [2.05, 4.69) is 60.4 Å². The van der Waals surface area contributed by atoms with E-state index in [0.29, 0.717) is 6.04 Å². The van der Waals surface area contributed by atoms with Crippen molar-refractivity contribution < 1.29 is 4.74 Å². The van der Waals surface area contributed by atoms with Crippen molar-refractivity contribution in [3.63, 3.8) is 0 Å². The number of rotatable bonds is 5. The number of guanidine groups is 1. The van der Waals surface area contributed by atoms with Crippen molar-refractivity contribution >= 4 is 41.5 Å². The van der Waals surface area contributed by atoms with E-state index in [1.54, 1.807) is 7.05 Å². The topological polar surface area (TPSA) is 48.9 Å². The lowest BCUT2D eigenvalue weighted by atomic mass is 10.0. The first-order valence-electron chi connectivity index (χ1n) is 8.91. The molecule has 1 aliphatic heterocycles. The molecule has 26 heavy (non-hydrogen) atoms. The van der Waals surface area contributed by atoms with Crippen LogP contribution in [0.4, 0.5) is 0 Å². The van der Waals surface area contributed by atoms with Crippen molar-refractivity contribution in [2.24, 2.45) is 4.99 Å². The molecule has 1 aromatic carbocycles. The fraction of sp³-hybridized carbons (Fsp3) is 0.632. The van der Waals surface area contributed by atoms with Crippen LogP contribution in [0, 0.1) is 0 Å². The summed E-state index contributed by atoms with van der Waals surface area (Å²) in [6.45, 7) is 11.8. The van der Waals surface area contributed by atoms with Crippen molar-refractivity contribution in [1.29, 1.82) is 0 Å². The van der Waals surface area contributed by atoms with Crippen LogP contribution in [0.5, 0.6) is 0 Å². The number of morpholine rings is 1. The van der Waals surface area contributed by atoms with Gasteiger partial charge in [0.05, 0.1) is 18.2 Å². The number of ether oxygens (including phenoxy) is 1. The molecule has 1 atom stereocenters. The van der Waals surface area contributed by atoms with Crippen molar-refractivity contribution in [2.45, 2.75) is 45.4 Å². The van der Waals surface area contributed by atoms with Crippen LogP contribution in [-0.4, -0.2) is 55.8 Å². The zero-order chi connectivity index (χ0) is 18.4. The molecule has 148 valence electrons. The molecular weight excluding hydrogens is 463 g/mol. The first kappa shape index (κ1) is 23.5. The Labute approximate surface area is 179 Å². The Morgan fingerprint density at radius 1 is 1.31 bits per heavy atom. The molecule has 0 aromatic heterocycles. The normalized spacial score (nSPS) is 19.0. The minimum Gasteiger partial charge on any atom is -0.373 e. The lowest BCUT2D eigenvalue weighted by molar-refractivity contribution is -0.0971. The van der Waals surface area contributed by atoms with Gasteiger partial charge in [-0.15, -0.1) is 24.0 Å². The van der Waals surface area contributed by atoms with E-state index in [1.807, 2.05) is 12.1 Å². The molecule has 0 radical (unpaired) electrons. The van der Waals surface area contributed by atoms with Crippen LogP contribution in [0.2, 0.25) is 5.02 Å². The molecule has 7 heteroatoms. The van der Waals surface area contributed by atoms with E-state index in [9.17, 15) is 0 Å². The first-order chi connectivity index (χ1) is 11.8. The van der Waals surface area contributed by atoms with Crippen molar-refractivity contribution in [1.82, 2.24) is 15.5 Å². The van der Waals surface area contributed by atoms with E-state index in [-0.39, 0.29) is 35.6 Å². The zero-order valence-electron chi connectivity index (χ0n) is 16.4. The number of aliphatic imine (C=N–C) groups is 1. The van der Waals surface area contributed by atoms with Gasteiger partial charge >= 0.3 is 0 Å². The van der Waals surface area contributed by atoms with Crippen LogP contribution < -0.4 is 10.6 Å². The smallest absolute Gasteiger partial charge is 0.191 e. The Morgan fingerprint density at radius 2 is 1.96 bits per heavy atom. The summed E-state index contributed by atoms with van der Waals surface area (Å²) in [6, 6.07) is 8.69. The maximum atomic E-state index is 6.08. The van der Waals surface area contributed by atoms with Crippen LogP contribution >= 0.6 is 35.6 Å². The molecule has 2 rings (SSSR count). The van der Waals surface area contributed by atoms with Gasteiger partial charge in [-0.25, -0.2) is 0 Å². The molecule has 1 unspecified atom stereocenters. The Hall–Kier alpha value is -0.570.